The van der Waals surface area contributed by atoms with Gasteiger partial charge in [-0.25, -0.2) is 0 Å². The number of guanidine groups is 1. The van der Waals surface area contributed by atoms with Crippen molar-refractivity contribution in [1.29, 1.82) is 5.41 Å². The molecule has 0 aliphatic carbocycles. The first kappa shape index (κ1) is 28.7. The lowest BCUT2D eigenvalue weighted by Gasteiger charge is -2.18. The summed E-state index contributed by atoms with van der Waals surface area (Å²) in [7, 11) is 0. The topological polar surface area (TPSA) is 91.0 Å². The molecule has 0 heterocycles. The zero-order chi connectivity index (χ0) is 22.3. The number of carbonyl (C=O) groups is 1. The lowest BCUT2D eigenvalue weighted by Crippen LogP contribution is -2.33. The first-order valence-corrected chi connectivity index (χ1v) is 12.9. The van der Waals surface area contributed by atoms with Gasteiger partial charge in [0, 0.05) is 19.5 Å². The summed E-state index contributed by atoms with van der Waals surface area (Å²) >= 11 is 0. The normalized spacial score (nSPS) is 11.9. The largest absolute Gasteiger partial charge is 0.370 e. The van der Waals surface area contributed by atoms with Crippen LogP contribution < -0.4 is 16.4 Å². The van der Waals surface area contributed by atoms with Crippen LogP contribution in [0, 0.1) is 5.41 Å². The monoisotopic (exact) mass is 424 g/mol. The third-order valence-corrected chi connectivity index (χ3v) is 5.86. The maximum atomic E-state index is 11.4. The lowest BCUT2D eigenvalue weighted by atomic mass is 10.0. The van der Waals surface area contributed by atoms with Crippen molar-refractivity contribution in [3.8, 4) is 0 Å². The quantitative estimate of drug-likeness (QED) is 0.0919. The Morgan fingerprint density at radius 1 is 0.733 bits per heavy atom. The lowest BCUT2D eigenvalue weighted by molar-refractivity contribution is -0.119. The summed E-state index contributed by atoms with van der Waals surface area (Å²) < 4.78 is 0. The minimum atomic E-state index is 0.0335. The molecule has 0 aromatic rings. The molecule has 5 heteroatoms. The van der Waals surface area contributed by atoms with Crippen LogP contribution >= 0.6 is 0 Å². The van der Waals surface area contributed by atoms with Gasteiger partial charge in [-0.05, 0) is 25.7 Å². The molecule has 1 unspecified atom stereocenters. The highest BCUT2D eigenvalue weighted by atomic mass is 16.1. The number of rotatable bonds is 22. The highest BCUT2D eigenvalue weighted by Crippen LogP contribution is 2.15. The molecule has 1 atom stereocenters. The molecule has 5 N–H and O–H groups in total. The predicted molar refractivity (Wildman–Crippen MR) is 131 cm³/mol. The molecule has 0 aromatic heterocycles. The molecular weight excluding hydrogens is 372 g/mol. The van der Waals surface area contributed by atoms with Crippen LogP contribution in [0.5, 0.6) is 0 Å². The van der Waals surface area contributed by atoms with E-state index in [2.05, 4.69) is 17.6 Å². The second kappa shape index (κ2) is 22.4. The number of hydrogen-bond acceptors (Lipinski definition) is 2. The van der Waals surface area contributed by atoms with Crippen LogP contribution in [-0.4, -0.2) is 24.5 Å². The average molecular weight is 425 g/mol. The summed E-state index contributed by atoms with van der Waals surface area (Å²) in [5.74, 6) is 0.106. The van der Waals surface area contributed by atoms with E-state index in [4.69, 9.17) is 11.1 Å². The molecule has 0 rings (SSSR count). The van der Waals surface area contributed by atoms with Gasteiger partial charge in [0.1, 0.15) is 0 Å². The van der Waals surface area contributed by atoms with Crippen LogP contribution in [0.2, 0.25) is 0 Å². The minimum absolute atomic E-state index is 0.0335. The smallest absolute Gasteiger partial charge is 0.217 e. The number of hydrogen-bond donors (Lipinski definition) is 4. The van der Waals surface area contributed by atoms with Crippen LogP contribution in [0.15, 0.2) is 0 Å². The van der Waals surface area contributed by atoms with Gasteiger partial charge in [-0.15, -0.1) is 0 Å². The summed E-state index contributed by atoms with van der Waals surface area (Å²) in [5, 5.41) is 13.1. The molecule has 0 aromatic carbocycles. The van der Waals surface area contributed by atoms with E-state index in [1.165, 1.54) is 96.3 Å². The fourth-order valence-corrected chi connectivity index (χ4v) is 4.08. The van der Waals surface area contributed by atoms with Gasteiger partial charge in [-0.1, -0.05) is 103 Å². The Kier molecular flexibility index (Phi) is 21.5. The number of amides is 1. The Balaban J connectivity index is 3.48. The van der Waals surface area contributed by atoms with Crippen molar-refractivity contribution in [2.24, 2.45) is 5.73 Å². The van der Waals surface area contributed by atoms with Crippen LogP contribution in [-0.2, 0) is 4.79 Å². The number of unbranched alkanes of at least 4 members (excludes halogenated alkanes) is 15. The third-order valence-electron chi connectivity index (χ3n) is 5.86. The molecule has 1 amide bonds. The van der Waals surface area contributed by atoms with Crippen LogP contribution in [0.1, 0.15) is 136 Å². The SMILES string of the molecule is CCCCCCCCCCCCCCCCCC(CCCCNC(=N)N)NC(C)=O. The average Bonchev–Trinajstić information content (AvgIpc) is 2.69. The van der Waals surface area contributed by atoms with Crippen molar-refractivity contribution in [1.82, 2.24) is 10.6 Å². The standard InChI is InChI=1S/C25H52N4O/c1-3-4-5-6-7-8-9-10-11-12-13-14-15-16-17-20-24(29-23(2)30)21-18-19-22-28-25(26)27/h24H,3-22H2,1-2H3,(H,29,30)(H4,26,27,28). The van der Waals surface area contributed by atoms with E-state index >= 15 is 0 Å². The van der Waals surface area contributed by atoms with Crippen molar-refractivity contribution in [3.05, 3.63) is 0 Å². The molecule has 178 valence electrons. The summed E-state index contributed by atoms with van der Waals surface area (Å²) in [6.45, 7) is 4.63. The van der Waals surface area contributed by atoms with Gasteiger partial charge in [0.15, 0.2) is 5.96 Å². The number of nitrogens with one attached hydrogen (secondary N) is 3. The zero-order valence-electron chi connectivity index (χ0n) is 20.2. The molecule has 0 aliphatic heterocycles. The van der Waals surface area contributed by atoms with Gasteiger partial charge < -0.3 is 16.4 Å². The summed E-state index contributed by atoms with van der Waals surface area (Å²) in [6, 6.07) is 0.293. The minimum Gasteiger partial charge on any atom is -0.370 e. The van der Waals surface area contributed by atoms with Crippen LogP contribution in [0.4, 0.5) is 0 Å². The molecule has 0 aliphatic rings. The Hall–Kier alpha value is -1.26. The van der Waals surface area contributed by atoms with Crippen LogP contribution in [0.3, 0.4) is 0 Å². The molecule has 0 radical (unpaired) electrons. The molecule has 0 saturated heterocycles. The van der Waals surface area contributed by atoms with Gasteiger partial charge >= 0.3 is 0 Å². The molecule has 5 nitrogen and oxygen atoms in total. The summed E-state index contributed by atoms with van der Waals surface area (Å²) in [6.07, 6.45) is 24.8. The van der Waals surface area contributed by atoms with E-state index in [-0.39, 0.29) is 11.9 Å². The highest BCUT2D eigenvalue weighted by Gasteiger charge is 2.09. The molecule has 30 heavy (non-hydrogen) atoms. The third kappa shape index (κ3) is 23.0. The maximum absolute atomic E-state index is 11.4. The Bertz CT molecular complexity index is 401. The predicted octanol–water partition coefficient (Wildman–Crippen LogP) is 6.41. The van der Waals surface area contributed by atoms with Crippen molar-refractivity contribution in [3.63, 3.8) is 0 Å². The fraction of sp³-hybridized carbons (Fsp3) is 0.920. The summed E-state index contributed by atoms with van der Waals surface area (Å²) in [4.78, 5) is 11.4. The van der Waals surface area contributed by atoms with E-state index in [1.807, 2.05) is 0 Å². The molecule has 0 fully saturated rings. The number of carbonyl (C=O) groups excluding carboxylic acids is 1. The van der Waals surface area contributed by atoms with E-state index in [0.29, 0.717) is 6.04 Å². The van der Waals surface area contributed by atoms with Gasteiger partial charge in [0.25, 0.3) is 0 Å². The zero-order valence-corrected chi connectivity index (χ0v) is 20.2. The highest BCUT2D eigenvalue weighted by molar-refractivity contribution is 5.74. The maximum Gasteiger partial charge on any atom is 0.217 e. The van der Waals surface area contributed by atoms with Crippen molar-refractivity contribution < 1.29 is 4.79 Å². The Labute approximate surface area is 187 Å². The molecule has 0 saturated carbocycles. The second-order valence-electron chi connectivity index (χ2n) is 8.97. The Morgan fingerprint density at radius 3 is 1.53 bits per heavy atom. The first-order valence-electron chi connectivity index (χ1n) is 12.9. The fourth-order valence-electron chi connectivity index (χ4n) is 4.08. The number of nitrogens with two attached hydrogens (primary N) is 1. The van der Waals surface area contributed by atoms with Gasteiger partial charge in [0.05, 0.1) is 0 Å². The van der Waals surface area contributed by atoms with E-state index in [9.17, 15) is 4.79 Å². The van der Waals surface area contributed by atoms with Gasteiger partial charge in [-0.3, -0.25) is 10.2 Å². The van der Waals surface area contributed by atoms with Gasteiger partial charge in [0.2, 0.25) is 5.91 Å². The first-order chi connectivity index (χ1) is 14.6. The van der Waals surface area contributed by atoms with Crippen molar-refractivity contribution in [2.75, 3.05) is 6.54 Å². The van der Waals surface area contributed by atoms with Crippen molar-refractivity contribution in [2.45, 2.75) is 142 Å². The molecule has 0 bridgehead atoms. The summed E-state index contributed by atoms with van der Waals surface area (Å²) in [5.41, 5.74) is 5.29. The van der Waals surface area contributed by atoms with Gasteiger partial charge in [-0.2, -0.15) is 0 Å². The van der Waals surface area contributed by atoms with Crippen LogP contribution in [0.25, 0.3) is 0 Å². The van der Waals surface area contributed by atoms with Crippen molar-refractivity contribution >= 4 is 11.9 Å². The van der Waals surface area contributed by atoms with E-state index in [0.717, 1.165) is 32.2 Å². The molecular formula is C25H52N4O. The Morgan fingerprint density at radius 2 is 1.13 bits per heavy atom. The van der Waals surface area contributed by atoms with E-state index in [1.54, 1.807) is 6.92 Å². The molecule has 0 spiro atoms. The van der Waals surface area contributed by atoms with E-state index < -0.39 is 0 Å². The second-order valence-corrected chi connectivity index (χ2v) is 8.97.